The number of nitrogens with zero attached hydrogens (tertiary/aromatic N) is 5. The Morgan fingerprint density at radius 3 is 2.59 bits per heavy atom. The predicted octanol–water partition coefficient (Wildman–Crippen LogP) is 3.18. The van der Waals surface area contributed by atoms with Gasteiger partial charge in [0, 0.05) is 18.8 Å². The van der Waals surface area contributed by atoms with E-state index in [-0.39, 0.29) is 0 Å². The molecule has 2 heterocycles. The first-order valence-corrected chi connectivity index (χ1v) is 7.37. The average Bonchev–Trinajstić information content (AvgIpc) is 2.55. The first kappa shape index (κ1) is 14.4. The number of hydrogen-bond donors (Lipinski definition) is 0. The van der Waals surface area contributed by atoms with Crippen molar-refractivity contribution in [2.45, 2.75) is 26.3 Å². The lowest BCUT2D eigenvalue weighted by atomic mass is 10.1. The summed E-state index contributed by atoms with van der Waals surface area (Å²) in [5.41, 5.74) is 3.80. The fourth-order valence-corrected chi connectivity index (χ4v) is 2.28. The molecule has 0 N–H and O–H groups in total. The second-order valence-corrected chi connectivity index (χ2v) is 5.66. The first-order chi connectivity index (χ1) is 10.6. The predicted molar refractivity (Wildman–Crippen MR) is 87.8 cm³/mol. The smallest absolute Gasteiger partial charge is 0.132 e. The summed E-state index contributed by atoms with van der Waals surface area (Å²) in [6.07, 6.45) is 3.44. The van der Waals surface area contributed by atoms with Gasteiger partial charge in [-0.25, -0.2) is 15.0 Å². The quantitative estimate of drug-likeness (QED) is 0.739. The van der Waals surface area contributed by atoms with Crippen LogP contribution in [0.5, 0.6) is 0 Å². The normalized spacial score (nSPS) is 11.1. The number of fused-ring (bicyclic) bond motifs is 1. The van der Waals surface area contributed by atoms with E-state index in [4.69, 9.17) is 0 Å². The summed E-state index contributed by atoms with van der Waals surface area (Å²) in [7, 11) is 2.00. The average molecular weight is 293 g/mol. The number of para-hydroxylation sites is 2. The topological polar surface area (TPSA) is 54.8 Å². The fourth-order valence-electron chi connectivity index (χ4n) is 2.28. The number of hydrogen-bond acceptors (Lipinski definition) is 5. The zero-order chi connectivity index (χ0) is 15.5. The van der Waals surface area contributed by atoms with Gasteiger partial charge < -0.3 is 4.90 Å². The van der Waals surface area contributed by atoms with E-state index in [1.54, 1.807) is 6.33 Å². The highest BCUT2D eigenvalue weighted by molar-refractivity contribution is 5.73. The Morgan fingerprint density at radius 2 is 1.82 bits per heavy atom. The van der Waals surface area contributed by atoms with Crippen molar-refractivity contribution in [1.29, 1.82) is 0 Å². The Hall–Kier alpha value is -2.56. The SMILES string of the molecule is CC(C)c1cc(N(C)Cc2cnc3ccccc3n2)ncn1. The lowest BCUT2D eigenvalue weighted by Crippen LogP contribution is -2.19. The Morgan fingerprint density at radius 1 is 1.05 bits per heavy atom. The van der Waals surface area contributed by atoms with Crippen molar-refractivity contribution < 1.29 is 0 Å². The van der Waals surface area contributed by atoms with E-state index < -0.39 is 0 Å². The standard InChI is InChI=1S/C17H19N5/c1-12(2)16-8-17(20-11-19-16)22(3)10-13-9-18-14-6-4-5-7-15(14)21-13/h4-9,11-12H,10H2,1-3H3. The van der Waals surface area contributed by atoms with Crippen LogP contribution in [0.15, 0.2) is 42.9 Å². The summed E-state index contributed by atoms with van der Waals surface area (Å²) < 4.78 is 0. The monoisotopic (exact) mass is 293 g/mol. The summed E-state index contributed by atoms with van der Waals surface area (Å²) in [4.78, 5) is 19.8. The van der Waals surface area contributed by atoms with Crippen molar-refractivity contribution in [2.75, 3.05) is 11.9 Å². The van der Waals surface area contributed by atoms with Crippen LogP contribution in [-0.4, -0.2) is 27.0 Å². The van der Waals surface area contributed by atoms with Gasteiger partial charge in [0.2, 0.25) is 0 Å². The zero-order valence-corrected chi connectivity index (χ0v) is 13.1. The number of rotatable bonds is 4. The molecule has 0 aliphatic carbocycles. The van der Waals surface area contributed by atoms with Gasteiger partial charge in [0.25, 0.3) is 0 Å². The molecule has 5 heteroatoms. The second-order valence-electron chi connectivity index (χ2n) is 5.66. The molecule has 0 bridgehead atoms. The van der Waals surface area contributed by atoms with Crippen LogP contribution >= 0.6 is 0 Å². The van der Waals surface area contributed by atoms with Crippen LogP contribution < -0.4 is 4.90 Å². The van der Waals surface area contributed by atoms with Gasteiger partial charge in [-0.1, -0.05) is 26.0 Å². The Kier molecular flexibility index (Phi) is 3.96. The molecule has 0 aliphatic rings. The molecular weight excluding hydrogens is 274 g/mol. The molecule has 0 saturated carbocycles. The van der Waals surface area contributed by atoms with Crippen molar-refractivity contribution in [1.82, 2.24) is 19.9 Å². The van der Waals surface area contributed by atoms with Gasteiger partial charge in [0.05, 0.1) is 29.5 Å². The van der Waals surface area contributed by atoms with Crippen molar-refractivity contribution in [3.8, 4) is 0 Å². The van der Waals surface area contributed by atoms with Gasteiger partial charge >= 0.3 is 0 Å². The van der Waals surface area contributed by atoms with E-state index in [9.17, 15) is 0 Å². The largest absolute Gasteiger partial charge is 0.354 e. The number of aromatic nitrogens is 4. The highest BCUT2D eigenvalue weighted by Crippen LogP contribution is 2.17. The summed E-state index contributed by atoms with van der Waals surface area (Å²) in [6.45, 7) is 4.91. The van der Waals surface area contributed by atoms with Gasteiger partial charge in [-0.15, -0.1) is 0 Å². The minimum absolute atomic E-state index is 0.385. The minimum atomic E-state index is 0.385. The molecule has 2 aromatic heterocycles. The molecule has 0 unspecified atom stereocenters. The third-order valence-electron chi connectivity index (χ3n) is 3.55. The van der Waals surface area contributed by atoms with Crippen LogP contribution in [0.1, 0.15) is 31.2 Å². The summed E-state index contributed by atoms with van der Waals surface area (Å²) >= 11 is 0. The van der Waals surface area contributed by atoms with Crippen molar-refractivity contribution in [3.05, 3.63) is 54.2 Å². The lowest BCUT2D eigenvalue weighted by Gasteiger charge is -2.18. The van der Waals surface area contributed by atoms with Crippen LogP contribution in [0.25, 0.3) is 11.0 Å². The maximum atomic E-state index is 4.65. The number of anilines is 1. The number of benzene rings is 1. The van der Waals surface area contributed by atoms with Crippen LogP contribution in [-0.2, 0) is 6.54 Å². The van der Waals surface area contributed by atoms with E-state index in [2.05, 4.69) is 38.7 Å². The Bertz CT molecular complexity index is 785. The second kappa shape index (κ2) is 6.05. The molecule has 0 amide bonds. The van der Waals surface area contributed by atoms with E-state index >= 15 is 0 Å². The molecule has 0 spiro atoms. The highest BCUT2D eigenvalue weighted by atomic mass is 15.2. The van der Waals surface area contributed by atoms with Crippen LogP contribution in [0.3, 0.4) is 0 Å². The maximum Gasteiger partial charge on any atom is 0.132 e. The van der Waals surface area contributed by atoms with Gasteiger partial charge in [0.1, 0.15) is 12.1 Å². The molecule has 5 nitrogen and oxygen atoms in total. The molecular formula is C17H19N5. The molecule has 0 aliphatic heterocycles. The molecule has 3 rings (SSSR count). The molecule has 0 radical (unpaired) electrons. The van der Waals surface area contributed by atoms with Crippen molar-refractivity contribution in [2.24, 2.45) is 0 Å². The van der Waals surface area contributed by atoms with Gasteiger partial charge in [-0.05, 0) is 18.1 Å². The first-order valence-electron chi connectivity index (χ1n) is 7.37. The zero-order valence-electron chi connectivity index (χ0n) is 13.1. The van der Waals surface area contributed by atoms with E-state index in [1.165, 1.54) is 0 Å². The maximum absolute atomic E-state index is 4.65. The van der Waals surface area contributed by atoms with Crippen LogP contribution in [0.2, 0.25) is 0 Å². The van der Waals surface area contributed by atoms with Gasteiger partial charge in [-0.3, -0.25) is 4.98 Å². The van der Waals surface area contributed by atoms with E-state index in [0.29, 0.717) is 12.5 Å². The Labute approximate surface area is 130 Å². The van der Waals surface area contributed by atoms with E-state index in [1.807, 2.05) is 43.6 Å². The molecule has 0 atom stereocenters. The van der Waals surface area contributed by atoms with E-state index in [0.717, 1.165) is 28.2 Å². The van der Waals surface area contributed by atoms with Gasteiger partial charge in [-0.2, -0.15) is 0 Å². The third kappa shape index (κ3) is 3.03. The van der Waals surface area contributed by atoms with Crippen LogP contribution in [0, 0.1) is 0 Å². The Balaban J connectivity index is 1.83. The summed E-state index contributed by atoms with van der Waals surface area (Å²) in [6, 6.07) is 9.92. The highest BCUT2D eigenvalue weighted by Gasteiger charge is 2.09. The summed E-state index contributed by atoms with van der Waals surface area (Å²) in [5.74, 6) is 1.28. The fraction of sp³-hybridized carbons (Fsp3) is 0.294. The minimum Gasteiger partial charge on any atom is -0.354 e. The molecule has 3 aromatic rings. The van der Waals surface area contributed by atoms with Gasteiger partial charge in [0.15, 0.2) is 0 Å². The van der Waals surface area contributed by atoms with Crippen molar-refractivity contribution in [3.63, 3.8) is 0 Å². The molecule has 112 valence electrons. The summed E-state index contributed by atoms with van der Waals surface area (Å²) in [5, 5.41) is 0. The van der Waals surface area contributed by atoms with Crippen molar-refractivity contribution >= 4 is 16.9 Å². The lowest BCUT2D eigenvalue weighted by molar-refractivity contribution is 0.798. The molecule has 1 aromatic carbocycles. The molecule has 0 saturated heterocycles. The third-order valence-corrected chi connectivity index (χ3v) is 3.55. The molecule has 22 heavy (non-hydrogen) atoms. The molecule has 0 fully saturated rings. The van der Waals surface area contributed by atoms with Crippen LogP contribution in [0.4, 0.5) is 5.82 Å².